The Balaban J connectivity index is 1.80. The number of hydrogen-bond donors (Lipinski definition) is 0. The minimum Gasteiger partial charge on any atom is -0.420 e. The maximum absolute atomic E-state index is 9.41. The number of benzene rings is 1. The molecule has 0 amide bonds. The van der Waals surface area contributed by atoms with E-state index in [1.54, 1.807) is 0 Å². The molecule has 3 rings (SSSR count). The summed E-state index contributed by atoms with van der Waals surface area (Å²) in [7, 11) is 0. The van der Waals surface area contributed by atoms with Crippen molar-refractivity contribution in [2.75, 3.05) is 0 Å². The van der Waals surface area contributed by atoms with Crippen LogP contribution in [0.25, 0.3) is 11.5 Å². The van der Waals surface area contributed by atoms with Gasteiger partial charge in [-0.05, 0) is 44.0 Å². The van der Waals surface area contributed by atoms with Crippen LogP contribution in [0.4, 0.5) is 0 Å². The second-order valence-electron chi connectivity index (χ2n) is 5.39. The molecule has 0 aliphatic heterocycles. The largest absolute Gasteiger partial charge is 0.420 e. The minimum atomic E-state index is 0.476. The molecular formula is C18H16N4OS. The molecule has 0 spiro atoms. The molecule has 2 aromatic heterocycles. The van der Waals surface area contributed by atoms with Crippen LogP contribution in [0.5, 0.6) is 0 Å². The fraction of sp³-hybridized carbons (Fsp3) is 0.222. The zero-order valence-electron chi connectivity index (χ0n) is 13.7. The summed E-state index contributed by atoms with van der Waals surface area (Å²) in [6, 6.07) is 11.9. The molecule has 0 aliphatic carbocycles. The lowest BCUT2D eigenvalue weighted by Crippen LogP contribution is -1.99. The molecule has 0 fully saturated rings. The van der Waals surface area contributed by atoms with Crippen LogP contribution in [-0.2, 0) is 5.75 Å². The van der Waals surface area contributed by atoms with Crippen LogP contribution in [0.15, 0.2) is 39.8 Å². The maximum Gasteiger partial charge on any atom is 0.247 e. The first-order valence-corrected chi connectivity index (χ1v) is 8.47. The molecule has 0 aliphatic rings. The zero-order valence-corrected chi connectivity index (χ0v) is 14.5. The Morgan fingerprint density at radius 2 is 1.83 bits per heavy atom. The van der Waals surface area contributed by atoms with E-state index >= 15 is 0 Å². The van der Waals surface area contributed by atoms with E-state index in [1.807, 2.05) is 51.1 Å². The summed E-state index contributed by atoms with van der Waals surface area (Å²) in [5.41, 5.74) is 4.47. The number of pyridine rings is 1. The van der Waals surface area contributed by atoms with Crippen molar-refractivity contribution in [2.24, 2.45) is 0 Å². The topological polar surface area (TPSA) is 75.6 Å². The predicted molar refractivity (Wildman–Crippen MR) is 92.5 cm³/mol. The van der Waals surface area contributed by atoms with Gasteiger partial charge in [0.1, 0.15) is 11.1 Å². The average Bonchev–Trinajstić information content (AvgIpc) is 3.08. The highest BCUT2D eigenvalue weighted by Gasteiger charge is 2.15. The molecule has 6 heteroatoms. The molecule has 120 valence electrons. The molecule has 24 heavy (non-hydrogen) atoms. The number of nitrogens with zero attached hydrogens (tertiary/aromatic N) is 4. The van der Waals surface area contributed by atoms with Gasteiger partial charge < -0.3 is 4.42 Å². The monoisotopic (exact) mass is 336 g/mol. The standard InChI is InChI=1S/C18H16N4OS/c1-11-12(2)15(9-19)18(20-13(11)3)24-10-16-21-22-17(23-16)14-7-5-4-6-8-14/h4-8H,10H2,1-3H3. The van der Waals surface area contributed by atoms with E-state index in [1.165, 1.54) is 11.8 Å². The molecule has 0 bridgehead atoms. The molecule has 0 unspecified atom stereocenters. The highest BCUT2D eigenvalue weighted by molar-refractivity contribution is 7.98. The third-order valence-electron chi connectivity index (χ3n) is 3.90. The Hall–Kier alpha value is -2.65. The van der Waals surface area contributed by atoms with Gasteiger partial charge in [0.2, 0.25) is 11.8 Å². The van der Waals surface area contributed by atoms with E-state index in [2.05, 4.69) is 21.3 Å². The van der Waals surface area contributed by atoms with E-state index in [0.29, 0.717) is 28.1 Å². The molecule has 0 radical (unpaired) electrons. The van der Waals surface area contributed by atoms with Crippen LogP contribution < -0.4 is 0 Å². The summed E-state index contributed by atoms with van der Waals surface area (Å²) in [5.74, 6) is 1.49. The lowest BCUT2D eigenvalue weighted by molar-refractivity contribution is 0.528. The van der Waals surface area contributed by atoms with Crippen LogP contribution in [0.1, 0.15) is 28.3 Å². The molecule has 0 saturated carbocycles. The van der Waals surface area contributed by atoms with Crippen LogP contribution in [0.3, 0.4) is 0 Å². The Labute approximate surface area is 144 Å². The molecular weight excluding hydrogens is 320 g/mol. The van der Waals surface area contributed by atoms with Crippen LogP contribution >= 0.6 is 11.8 Å². The Kier molecular flexibility index (Phi) is 4.63. The van der Waals surface area contributed by atoms with Crippen molar-refractivity contribution in [1.82, 2.24) is 15.2 Å². The van der Waals surface area contributed by atoms with Crippen molar-refractivity contribution in [3.63, 3.8) is 0 Å². The van der Waals surface area contributed by atoms with Gasteiger partial charge in [-0.1, -0.05) is 30.0 Å². The number of nitriles is 1. The molecule has 0 saturated heterocycles. The van der Waals surface area contributed by atoms with Gasteiger partial charge in [0.25, 0.3) is 0 Å². The summed E-state index contributed by atoms with van der Waals surface area (Å²) in [6.45, 7) is 5.89. The van der Waals surface area contributed by atoms with Gasteiger partial charge in [0.05, 0.1) is 11.3 Å². The van der Waals surface area contributed by atoms with Crippen molar-refractivity contribution >= 4 is 11.8 Å². The SMILES string of the molecule is Cc1nc(SCc2nnc(-c3ccccc3)o2)c(C#N)c(C)c1C. The van der Waals surface area contributed by atoms with Gasteiger partial charge in [-0.2, -0.15) is 5.26 Å². The first-order chi connectivity index (χ1) is 11.6. The molecule has 0 atom stereocenters. The molecule has 2 heterocycles. The number of rotatable bonds is 4. The van der Waals surface area contributed by atoms with Gasteiger partial charge in [-0.3, -0.25) is 0 Å². The lowest BCUT2D eigenvalue weighted by Gasteiger charge is -2.10. The number of aryl methyl sites for hydroxylation is 1. The van der Waals surface area contributed by atoms with Gasteiger partial charge in [-0.15, -0.1) is 10.2 Å². The number of aromatic nitrogens is 3. The summed E-state index contributed by atoms with van der Waals surface area (Å²) in [4.78, 5) is 4.53. The van der Waals surface area contributed by atoms with Gasteiger partial charge in [0, 0.05) is 11.3 Å². The zero-order chi connectivity index (χ0) is 17.1. The fourth-order valence-electron chi connectivity index (χ4n) is 2.29. The molecule has 0 N–H and O–H groups in total. The van der Waals surface area contributed by atoms with E-state index in [9.17, 15) is 5.26 Å². The summed E-state index contributed by atoms with van der Waals surface area (Å²) >= 11 is 1.44. The second kappa shape index (κ2) is 6.85. The van der Waals surface area contributed by atoms with Gasteiger partial charge in [0.15, 0.2) is 0 Å². The van der Waals surface area contributed by atoms with Gasteiger partial charge in [-0.25, -0.2) is 4.98 Å². The lowest BCUT2D eigenvalue weighted by atomic mass is 10.1. The maximum atomic E-state index is 9.41. The summed E-state index contributed by atoms with van der Waals surface area (Å²) < 4.78 is 5.70. The van der Waals surface area contributed by atoms with Crippen molar-refractivity contribution in [3.8, 4) is 17.5 Å². The highest BCUT2D eigenvalue weighted by atomic mass is 32.2. The Bertz CT molecular complexity index is 913. The average molecular weight is 336 g/mol. The van der Waals surface area contributed by atoms with E-state index in [0.717, 1.165) is 22.4 Å². The number of hydrogen-bond acceptors (Lipinski definition) is 6. The van der Waals surface area contributed by atoms with Gasteiger partial charge >= 0.3 is 0 Å². The Morgan fingerprint density at radius 1 is 1.08 bits per heavy atom. The first-order valence-electron chi connectivity index (χ1n) is 7.48. The van der Waals surface area contributed by atoms with Crippen molar-refractivity contribution in [2.45, 2.75) is 31.6 Å². The second-order valence-corrected chi connectivity index (χ2v) is 6.36. The third-order valence-corrected chi connectivity index (χ3v) is 4.86. The van der Waals surface area contributed by atoms with Crippen LogP contribution in [-0.4, -0.2) is 15.2 Å². The van der Waals surface area contributed by atoms with Crippen molar-refractivity contribution in [3.05, 3.63) is 58.6 Å². The summed E-state index contributed by atoms with van der Waals surface area (Å²) in [6.07, 6.45) is 0. The molecule has 5 nitrogen and oxygen atoms in total. The molecule has 3 aromatic rings. The van der Waals surface area contributed by atoms with Crippen LogP contribution in [0.2, 0.25) is 0 Å². The predicted octanol–water partition coefficient (Wildman–Crippen LogP) is 4.22. The number of thioether (sulfide) groups is 1. The highest BCUT2D eigenvalue weighted by Crippen LogP contribution is 2.29. The first kappa shape index (κ1) is 16.2. The third kappa shape index (κ3) is 3.17. The normalized spacial score (nSPS) is 10.6. The van der Waals surface area contributed by atoms with Crippen molar-refractivity contribution in [1.29, 1.82) is 5.26 Å². The fourth-order valence-corrected chi connectivity index (χ4v) is 3.21. The van der Waals surface area contributed by atoms with E-state index in [4.69, 9.17) is 4.42 Å². The van der Waals surface area contributed by atoms with Crippen molar-refractivity contribution < 1.29 is 4.42 Å². The van der Waals surface area contributed by atoms with Crippen LogP contribution in [0, 0.1) is 32.1 Å². The molecule has 1 aromatic carbocycles. The minimum absolute atomic E-state index is 0.476. The summed E-state index contributed by atoms with van der Waals surface area (Å²) in [5, 5.41) is 18.3. The Morgan fingerprint density at radius 3 is 2.54 bits per heavy atom. The quantitative estimate of drug-likeness (QED) is 0.664. The smallest absolute Gasteiger partial charge is 0.247 e. The van der Waals surface area contributed by atoms with E-state index < -0.39 is 0 Å². The van der Waals surface area contributed by atoms with E-state index in [-0.39, 0.29) is 0 Å².